The second kappa shape index (κ2) is 5.19. The lowest BCUT2D eigenvalue weighted by Crippen LogP contribution is -2.33. The molecule has 0 amide bonds. The molecule has 0 aliphatic heterocycles. The monoisotopic (exact) mass is 236 g/mol. The van der Waals surface area contributed by atoms with E-state index in [2.05, 4.69) is 16.5 Å². The zero-order valence-electron chi connectivity index (χ0n) is 10.9. The van der Waals surface area contributed by atoms with Gasteiger partial charge in [-0.1, -0.05) is 13.3 Å². The van der Waals surface area contributed by atoms with Crippen LogP contribution >= 0.6 is 0 Å². The molecule has 0 aromatic carbocycles. The molecule has 0 bridgehead atoms. The van der Waals surface area contributed by atoms with Crippen molar-refractivity contribution in [2.24, 2.45) is 7.05 Å². The van der Waals surface area contributed by atoms with E-state index in [0.717, 1.165) is 12.8 Å². The largest absolute Gasteiger partial charge is 0.388 e. The van der Waals surface area contributed by atoms with Crippen LogP contribution in [0.3, 0.4) is 0 Å². The maximum absolute atomic E-state index is 10.1. The van der Waals surface area contributed by atoms with Gasteiger partial charge < -0.3 is 10.4 Å². The summed E-state index contributed by atoms with van der Waals surface area (Å²) in [5.41, 5.74) is 0.479. The Morgan fingerprint density at radius 1 is 1.59 bits per heavy atom. The number of aromatic nitrogens is 2. The van der Waals surface area contributed by atoms with Crippen LogP contribution in [0.5, 0.6) is 0 Å². The van der Waals surface area contributed by atoms with Crippen LogP contribution in [0.4, 0.5) is 5.82 Å². The van der Waals surface area contributed by atoms with Gasteiger partial charge in [-0.05, 0) is 20.3 Å². The molecule has 0 aliphatic carbocycles. The highest BCUT2D eigenvalue weighted by molar-refractivity contribution is 5.55. The van der Waals surface area contributed by atoms with Crippen LogP contribution in [0.1, 0.15) is 37.9 Å². The standard InChI is InChI=1S/C12H20N4O/c1-5-6-12(3,17)8-14-11-10(7-13)9(2)15-16(11)4/h14,17H,5-6,8H2,1-4H3. The molecule has 1 aromatic rings. The molecule has 0 fully saturated rings. The van der Waals surface area contributed by atoms with Crippen molar-refractivity contribution in [1.29, 1.82) is 5.26 Å². The maximum Gasteiger partial charge on any atom is 0.142 e. The molecule has 5 heteroatoms. The molecule has 1 aromatic heterocycles. The summed E-state index contributed by atoms with van der Waals surface area (Å²) in [6, 6.07) is 2.13. The number of hydrogen-bond donors (Lipinski definition) is 2. The molecule has 2 N–H and O–H groups in total. The van der Waals surface area contributed by atoms with Gasteiger partial charge in [0.1, 0.15) is 17.5 Å². The van der Waals surface area contributed by atoms with Gasteiger partial charge in [0.2, 0.25) is 0 Å². The topological polar surface area (TPSA) is 73.9 Å². The molecule has 1 unspecified atom stereocenters. The van der Waals surface area contributed by atoms with Crippen molar-refractivity contribution in [3.8, 4) is 6.07 Å². The summed E-state index contributed by atoms with van der Waals surface area (Å²) in [4.78, 5) is 0. The number of rotatable bonds is 5. The van der Waals surface area contributed by atoms with Gasteiger partial charge >= 0.3 is 0 Å². The van der Waals surface area contributed by atoms with Gasteiger partial charge in [0.25, 0.3) is 0 Å². The predicted octanol–water partition coefficient (Wildman–Crippen LogP) is 1.56. The Morgan fingerprint density at radius 2 is 2.24 bits per heavy atom. The molecule has 0 aliphatic rings. The average molecular weight is 236 g/mol. The van der Waals surface area contributed by atoms with Crippen molar-refractivity contribution in [3.63, 3.8) is 0 Å². The Balaban J connectivity index is 2.80. The fourth-order valence-electron chi connectivity index (χ4n) is 1.90. The number of nitrogens with zero attached hydrogens (tertiary/aromatic N) is 3. The molecule has 0 spiro atoms. The molecule has 1 heterocycles. The first-order chi connectivity index (χ1) is 7.91. The third-order valence-corrected chi connectivity index (χ3v) is 2.76. The zero-order valence-corrected chi connectivity index (χ0v) is 10.9. The lowest BCUT2D eigenvalue weighted by Gasteiger charge is -2.23. The molecule has 17 heavy (non-hydrogen) atoms. The highest BCUT2D eigenvalue weighted by atomic mass is 16.3. The molecule has 1 atom stereocenters. The van der Waals surface area contributed by atoms with Crippen molar-refractivity contribution < 1.29 is 5.11 Å². The average Bonchev–Trinajstić information content (AvgIpc) is 2.49. The number of anilines is 1. The van der Waals surface area contributed by atoms with Crippen molar-refractivity contribution >= 4 is 5.82 Å². The van der Waals surface area contributed by atoms with E-state index in [1.807, 2.05) is 6.92 Å². The second-order valence-electron chi connectivity index (χ2n) is 4.64. The minimum Gasteiger partial charge on any atom is -0.388 e. The Bertz CT molecular complexity index is 428. The quantitative estimate of drug-likeness (QED) is 0.813. The van der Waals surface area contributed by atoms with E-state index in [4.69, 9.17) is 5.26 Å². The Morgan fingerprint density at radius 3 is 2.76 bits per heavy atom. The normalized spacial score (nSPS) is 14.1. The first-order valence-corrected chi connectivity index (χ1v) is 5.81. The lowest BCUT2D eigenvalue weighted by atomic mass is 10.0. The van der Waals surface area contributed by atoms with Crippen LogP contribution in [-0.4, -0.2) is 27.0 Å². The number of hydrogen-bond acceptors (Lipinski definition) is 4. The van der Waals surface area contributed by atoms with E-state index >= 15 is 0 Å². The lowest BCUT2D eigenvalue weighted by molar-refractivity contribution is 0.0635. The summed E-state index contributed by atoms with van der Waals surface area (Å²) in [7, 11) is 1.78. The summed E-state index contributed by atoms with van der Waals surface area (Å²) in [5.74, 6) is 0.668. The first kappa shape index (κ1) is 13.5. The summed E-state index contributed by atoms with van der Waals surface area (Å²) in [6.45, 7) is 6.03. The van der Waals surface area contributed by atoms with Gasteiger partial charge in [0, 0.05) is 13.6 Å². The molecular weight excluding hydrogens is 216 g/mol. The Kier molecular flexibility index (Phi) is 4.13. The minimum absolute atomic E-state index is 0.411. The van der Waals surface area contributed by atoms with Gasteiger partial charge in [0.15, 0.2) is 0 Å². The smallest absolute Gasteiger partial charge is 0.142 e. The van der Waals surface area contributed by atoms with Gasteiger partial charge in [-0.15, -0.1) is 0 Å². The fraction of sp³-hybridized carbons (Fsp3) is 0.667. The number of nitrogens with one attached hydrogen (secondary N) is 1. The number of aliphatic hydroxyl groups is 1. The van der Waals surface area contributed by atoms with Gasteiger partial charge in [-0.2, -0.15) is 10.4 Å². The van der Waals surface area contributed by atoms with Crippen molar-refractivity contribution in [3.05, 3.63) is 11.3 Å². The molecule has 5 nitrogen and oxygen atoms in total. The van der Waals surface area contributed by atoms with E-state index in [0.29, 0.717) is 23.6 Å². The highest BCUT2D eigenvalue weighted by Gasteiger charge is 2.21. The second-order valence-corrected chi connectivity index (χ2v) is 4.64. The molecule has 1 rings (SSSR count). The Hall–Kier alpha value is -1.54. The van der Waals surface area contributed by atoms with E-state index in [9.17, 15) is 5.11 Å². The van der Waals surface area contributed by atoms with Crippen LogP contribution in [0, 0.1) is 18.3 Å². The molecular formula is C12H20N4O. The maximum atomic E-state index is 10.1. The molecule has 0 radical (unpaired) electrons. The third kappa shape index (κ3) is 3.21. The Labute approximate surface area is 102 Å². The van der Waals surface area contributed by atoms with Crippen LogP contribution in [0.25, 0.3) is 0 Å². The highest BCUT2D eigenvalue weighted by Crippen LogP contribution is 2.19. The summed E-state index contributed by atoms with van der Waals surface area (Å²) in [6.07, 6.45) is 1.64. The van der Waals surface area contributed by atoms with Crippen LogP contribution in [0.2, 0.25) is 0 Å². The molecule has 0 saturated carbocycles. The molecule has 94 valence electrons. The van der Waals surface area contributed by atoms with Gasteiger partial charge in [-0.25, -0.2) is 0 Å². The number of nitriles is 1. The minimum atomic E-state index is -0.764. The van der Waals surface area contributed by atoms with Crippen LogP contribution in [-0.2, 0) is 7.05 Å². The first-order valence-electron chi connectivity index (χ1n) is 5.81. The summed E-state index contributed by atoms with van der Waals surface area (Å²) < 4.78 is 1.63. The van der Waals surface area contributed by atoms with Gasteiger partial charge in [0.05, 0.1) is 11.3 Å². The van der Waals surface area contributed by atoms with E-state index in [1.54, 1.807) is 25.6 Å². The summed E-state index contributed by atoms with van der Waals surface area (Å²) >= 11 is 0. The molecule has 0 saturated heterocycles. The van der Waals surface area contributed by atoms with Crippen molar-refractivity contribution in [2.75, 3.05) is 11.9 Å². The summed E-state index contributed by atoms with van der Waals surface area (Å²) in [5, 5.41) is 26.4. The third-order valence-electron chi connectivity index (χ3n) is 2.76. The zero-order chi connectivity index (χ0) is 13.1. The van der Waals surface area contributed by atoms with Crippen molar-refractivity contribution in [1.82, 2.24) is 9.78 Å². The van der Waals surface area contributed by atoms with Crippen LogP contribution in [0.15, 0.2) is 0 Å². The predicted molar refractivity (Wildman–Crippen MR) is 66.7 cm³/mol. The number of aryl methyl sites for hydroxylation is 2. The SMILES string of the molecule is CCCC(C)(O)CNc1c(C#N)c(C)nn1C. The van der Waals surface area contributed by atoms with E-state index < -0.39 is 5.60 Å². The van der Waals surface area contributed by atoms with Crippen LogP contribution < -0.4 is 5.32 Å². The fourth-order valence-corrected chi connectivity index (χ4v) is 1.90. The van der Waals surface area contributed by atoms with E-state index in [1.165, 1.54) is 0 Å². The van der Waals surface area contributed by atoms with E-state index in [-0.39, 0.29) is 0 Å². The van der Waals surface area contributed by atoms with Crippen molar-refractivity contribution in [2.45, 2.75) is 39.2 Å². The van der Waals surface area contributed by atoms with Gasteiger partial charge in [-0.3, -0.25) is 4.68 Å².